The Bertz CT molecular complexity index is 1340. The van der Waals surface area contributed by atoms with Crippen LogP contribution in [0.2, 0.25) is 0 Å². The van der Waals surface area contributed by atoms with Crippen molar-refractivity contribution in [2.45, 2.75) is 46.6 Å². The second kappa shape index (κ2) is 8.78. The largest absolute Gasteiger partial charge is 0.324 e. The SMILES string of the molecule is CCc1cccc(NC(=O)C(CC)n2nc(C)c3nn(-c4ccccc4)c(C)c3c2=O)c1. The topological polar surface area (TPSA) is 81.8 Å². The number of nitrogens with one attached hydrogen (secondary N) is 1. The van der Waals surface area contributed by atoms with Crippen molar-refractivity contribution in [3.8, 4) is 5.69 Å². The van der Waals surface area contributed by atoms with Crippen molar-refractivity contribution < 1.29 is 4.79 Å². The minimum Gasteiger partial charge on any atom is -0.324 e. The fourth-order valence-electron chi connectivity index (χ4n) is 3.98. The highest BCUT2D eigenvalue weighted by molar-refractivity contribution is 5.94. The van der Waals surface area contributed by atoms with Gasteiger partial charge in [-0.1, -0.05) is 44.2 Å². The molecule has 0 radical (unpaired) electrons. The molecular formula is C25H27N5O2. The molecule has 0 saturated carbocycles. The summed E-state index contributed by atoms with van der Waals surface area (Å²) in [7, 11) is 0. The molecule has 1 atom stereocenters. The highest BCUT2D eigenvalue weighted by atomic mass is 16.2. The molecule has 32 heavy (non-hydrogen) atoms. The fraction of sp³-hybridized carbons (Fsp3) is 0.280. The number of nitrogens with zero attached hydrogens (tertiary/aromatic N) is 4. The molecule has 0 aliphatic carbocycles. The van der Waals surface area contributed by atoms with Gasteiger partial charge >= 0.3 is 0 Å². The van der Waals surface area contributed by atoms with E-state index < -0.39 is 6.04 Å². The zero-order chi connectivity index (χ0) is 22.8. The fourth-order valence-corrected chi connectivity index (χ4v) is 3.98. The minimum absolute atomic E-state index is 0.262. The first-order valence-electron chi connectivity index (χ1n) is 10.9. The van der Waals surface area contributed by atoms with E-state index >= 15 is 0 Å². The van der Waals surface area contributed by atoms with Crippen LogP contribution < -0.4 is 10.9 Å². The Balaban J connectivity index is 1.77. The molecule has 0 aliphatic rings. The molecule has 164 valence electrons. The van der Waals surface area contributed by atoms with Crippen LogP contribution in [0.4, 0.5) is 5.69 Å². The van der Waals surface area contributed by atoms with Gasteiger partial charge in [0.1, 0.15) is 11.6 Å². The number of aryl methyl sites for hydroxylation is 3. The second-order valence-electron chi connectivity index (χ2n) is 7.86. The first kappa shape index (κ1) is 21.5. The molecule has 4 rings (SSSR count). The summed E-state index contributed by atoms with van der Waals surface area (Å²) < 4.78 is 3.06. The summed E-state index contributed by atoms with van der Waals surface area (Å²) in [6, 6.07) is 16.7. The number of fused-ring (bicyclic) bond motifs is 1. The van der Waals surface area contributed by atoms with Crippen LogP contribution in [0.15, 0.2) is 59.4 Å². The summed E-state index contributed by atoms with van der Waals surface area (Å²) in [5.74, 6) is -0.262. The van der Waals surface area contributed by atoms with Gasteiger partial charge < -0.3 is 5.32 Å². The van der Waals surface area contributed by atoms with Gasteiger partial charge in [-0.05, 0) is 56.5 Å². The third kappa shape index (κ3) is 3.82. The molecule has 7 heteroatoms. The summed E-state index contributed by atoms with van der Waals surface area (Å²) in [5, 5.41) is 12.6. The Morgan fingerprint density at radius 2 is 1.78 bits per heavy atom. The van der Waals surface area contributed by atoms with Gasteiger partial charge in [0.25, 0.3) is 5.56 Å². The number of para-hydroxylation sites is 1. The normalized spacial score (nSPS) is 12.1. The second-order valence-corrected chi connectivity index (χ2v) is 7.86. The number of anilines is 1. The lowest BCUT2D eigenvalue weighted by atomic mass is 10.1. The molecule has 0 spiro atoms. The van der Waals surface area contributed by atoms with E-state index in [1.165, 1.54) is 4.68 Å². The van der Waals surface area contributed by atoms with E-state index in [0.717, 1.165) is 23.4 Å². The quantitative estimate of drug-likeness (QED) is 0.494. The Morgan fingerprint density at radius 1 is 1.03 bits per heavy atom. The molecule has 7 nitrogen and oxygen atoms in total. The van der Waals surface area contributed by atoms with Crippen molar-refractivity contribution in [1.82, 2.24) is 19.6 Å². The van der Waals surface area contributed by atoms with Gasteiger partial charge in [0, 0.05) is 5.69 Å². The van der Waals surface area contributed by atoms with E-state index in [-0.39, 0.29) is 11.5 Å². The Labute approximate surface area is 186 Å². The Hall–Kier alpha value is -3.74. The smallest absolute Gasteiger partial charge is 0.278 e. The number of amides is 1. The van der Waals surface area contributed by atoms with Crippen LogP contribution in [0.1, 0.15) is 43.3 Å². The van der Waals surface area contributed by atoms with Gasteiger partial charge in [-0.25, -0.2) is 9.36 Å². The van der Waals surface area contributed by atoms with Gasteiger partial charge in [0.2, 0.25) is 5.91 Å². The Morgan fingerprint density at radius 3 is 2.47 bits per heavy atom. The van der Waals surface area contributed by atoms with E-state index in [0.29, 0.717) is 28.7 Å². The number of carbonyl (C=O) groups excluding carboxylic acids is 1. The van der Waals surface area contributed by atoms with Crippen LogP contribution in [0.3, 0.4) is 0 Å². The highest BCUT2D eigenvalue weighted by Crippen LogP contribution is 2.22. The first-order valence-corrected chi connectivity index (χ1v) is 10.9. The zero-order valence-electron chi connectivity index (χ0n) is 18.8. The van der Waals surface area contributed by atoms with Crippen molar-refractivity contribution in [3.05, 3.63) is 81.9 Å². The number of benzene rings is 2. The van der Waals surface area contributed by atoms with E-state index in [2.05, 4.69) is 22.4 Å². The molecule has 1 unspecified atom stereocenters. The molecule has 0 saturated heterocycles. The number of carbonyl (C=O) groups is 1. The maximum Gasteiger partial charge on any atom is 0.278 e. The molecule has 4 aromatic rings. The predicted octanol–water partition coefficient (Wildman–Crippen LogP) is 4.35. The van der Waals surface area contributed by atoms with Crippen molar-refractivity contribution >= 4 is 22.5 Å². The van der Waals surface area contributed by atoms with E-state index in [4.69, 9.17) is 0 Å². The molecule has 0 bridgehead atoms. The first-order chi connectivity index (χ1) is 15.4. The summed E-state index contributed by atoms with van der Waals surface area (Å²) >= 11 is 0. The average molecular weight is 430 g/mol. The maximum atomic E-state index is 13.5. The van der Waals surface area contributed by atoms with Crippen LogP contribution in [0.25, 0.3) is 16.6 Å². The van der Waals surface area contributed by atoms with Crippen molar-refractivity contribution in [2.75, 3.05) is 5.32 Å². The predicted molar refractivity (Wildman–Crippen MR) is 126 cm³/mol. The molecule has 1 N–H and O–H groups in total. The van der Waals surface area contributed by atoms with Crippen molar-refractivity contribution in [2.24, 2.45) is 0 Å². The zero-order valence-corrected chi connectivity index (χ0v) is 18.8. The number of rotatable bonds is 6. The summed E-state index contributed by atoms with van der Waals surface area (Å²) in [6.45, 7) is 7.62. The van der Waals surface area contributed by atoms with Gasteiger partial charge in [-0.2, -0.15) is 10.2 Å². The molecule has 2 aromatic carbocycles. The van der Waals surface area contributed by atoms with Crippen LogP contribution >= 0.6 is 0 Å². The van der Waals surface area contributed by atoms with Crippen molar-refractivity contribution in [3.63, 3.8) is 0 Å². The monoisotopic (exact) mass is 429 g/mol. The lowest BCUT2D eigenvalue weighted by Gasteiger charge is -2.17. The molecule has 2 heterocycles. The summed E-state index contributed by atoms with van der Waals surface area (Å²) in [4.78, 5) is 26.6. The van der Waals surface area contributed by atoms with Crippen molar-refractivity contribution in [1.29, 1.82) is 0 Å². The van der Waals surface area contributed by atoms with Crippen LogP contribution in [-0.4, -0.2) is 25.5 Å². The molecular weight excluding hydrogens is 402 g/mol. The number of aromatic nitrogens is 4. The van der Waals surface area contributed by atoms with Crippen LogP contribution in [0.5, 0.6) is 0 Å². The summed E-state index contributed by atoms with van der Waals surface area (Å²) in [5.41, 5.74) is 4.29. The molecule has 2 aromatic heterocycles. The molecule has 1 amide bonds. The molecule has 0 aliphatic heterocycles. The van der Waals surface area contributed by atoms with Gasteiger partial charge in [0.05, 0.1) is 22.5 Å². The van der Waals surface area contributed by atoms with Gasteiger partial charge in [-0.3, -0.25) is 9.59 Å². The van der Waals surface area contributed by atoms with Crippen LogP contribution in [-0.2, 0) is 11.2 Å². The van der Waals surface area contributed by atoms with Crippen LogP contribution in [0, 0.1) is 13.8 Å². The highest BCUT2D eigenvalue weighted by Gasteiger charge is 2.25. The number of hydrogen-bond donors (Lipinski definition) is 1. The lowest BCUT2D eigenvalue weighted by Crippen LogP contribution is -2.35. The third-order valence-corrected chi connectivity index (χ3v) is 5.73. The average Bonchev–Trinajstić information content (AvgIpc) is 3.16. The maximum absolute atomic E-state index is 13.5. The van der Waals surface area contributed by atoms with Gasteiger partial charge in [0.15, 0.2) is 0 Å². The standard InChI is InChI=1S/C25H27N5O2/c1-5-18-11-10-12-19(15-18)26-24(31)21(6-2)30-25(32)22-17(4)29(20-13-8-7-9-14-20)28-23(22)16(3)27-30/h7-15,21H,5-6H2,1-4H3,(H,26,31). The third-order valence-electron chi connectivity index (χ3n) is 5.73. The minimum atomic E-state index is -0.727. The molecule has 0 fully saturated rings. The number of hydrogen-bond acceptors (Lipinski definition) is 4. The Kier molecular flexibility index (Phi) is 5.90. The van der Waals surface area contributed by atoms with E-state index in [1.807, 2.05) is 75.4 Å². The summed E-state index contributed by atoms with van der Waals surface area (Å²) in [6.07, 6.45) is 1.31. The van der Waals surface area contributed by atoms with Gasteiger partial charge in [-0.15, -0.1) is 0 Å². The van der Waals surface area contributed by atoms with E-state index in [9.17, 15) is 9.59 Å². The lowest BCUT2D eigenvalue weighted by molar-refractivity contribution is -0.119. The van der Waals surface area contributed by atoms with E-state index in [1.54, 1.807) is 4.68 Å².